The van der Waals surface area contributed by atoms with E-state index in [-0.39, 0.29) is 11.7 Å². The molecule has 6 heteroatoms. The first kappa shape index (κ1) is 13.6. The molecule has 1 aromatic heterocycles. The van der Waals surface area contributed by atoms with Crippen LogP contribution in [0.3, 0.4) is 0 Å². The van der Waals surface area contributed by atoms with E-state index in [1.54, 1.807) is 19.9 Å². The molecule has 1 heterocycles. The fourth-order valence-electron chi connectivity index (χ4n) is 1.35. The van der Waals surface area contributed by atoms with E-state index < -0.39 is 5.97 Å². The van der Waals surface area contributed by atoms with Crippen molar-refractivity contribution in [1.82, 2.24) is 5.32 Å². The molecule has 5 nitrogen and oxygen atoms in total. The average Bonchev–Trinajstić information content (AvgIpc) is 2.56. The molecule has 94 valence electrons. The number of hydrogen-bond acceptors (Lipinski definition) is 4. The SMILES string of the molecule is Cc1cc(C(=O)NCCSCC(=O)O)c(C)o1. The lowest BCUT2D eigenvalue weighted by molar-refractivity contribution is -0.133. The predicted molar refractivity (Wildman–Crippen MR) is 65.5 cm³/mol. The third-order valence-corrected chi connectivity index (χ3v) is 2.99. The lowest BCUT2D eigenvalue weighted by Crippen LogP contribution is -2.26. The van der Waals surface area contributed by atoms with E-state index in [0.29, 0.717) is 29.4 Å². The standard InChI is InChI=1S/C11H15NO4S/c1-7-5-9(8(2)16-7)11(15)12-3-4-17-6-10(13)14/h5H,3-4,6H2,1-2H3,(H,12,15)(H,13,14). The summed E-state index contributed by atoms with van der Waals surface area (Å²) in [6.45, 7) is 3.97. The Hall–Kier alpha value is -1.43. The first-order valence-electron chi connectivity index (χ1n) is 5.15. The molecule has 0 bridgehead atoms. The number of amides is 1. The van der Waals surface area contributed by atoms with Gasteiger partial charge in [-0.2, -0.15) is 0 Å². The van der Waals surface area contributed by atoms with Crippen molar-refractivity contribution in [3.8, 4) is 0 Å². The van der Waals surface area contributed by atoms with Crippen LogP contribution in [0.4, 0.5) is 0 Å². The van der Waals surface area contributed by atoms with Crippen LogP contribution in [0, 0.1) is 13.8 Å². The fourth-order valence-corrected chi connectivity index (χ4v) is 1.91. The van der Waals surface area contributed by atoms with Crippen LogP contribution in [-0.2, 0) is 4.79 Å². The molecule has 0 atom stereocenters. The van der Waals surface area contributed by atoms with Gasteiger partial charge in [-0.3, -0.25) is 9.59 Å². The van der Waals surface area contributed by atoms with Crippen LogP contribution in [0.15, 0.2) is 10.5 Å². The minimum atomic E-state index is -0.845. The first-order valence-corrected chi connectivity index (χ1v) is 6.31. The van der Waals surface area contributed by atoms with Gasteiger partial charge in [-0.25, -0.2) is 0 Å². The minimum absolute atomic E-state index is 0.0553. The highest BCUT2D eigenvalue weighted by atomic mass is 32.2. The van der Waals surface area contributed by atoms with Gasteiger partial charge in [-0.15, -0.1) is 11.8 Å². The number of carboxylic acids is 1. The largest absolute Gasteiger partial charge is 0.481 e. The number of carboxylic acid groups (broad SMARTS) is 1. The van der Waals surface area contributed by atoms with Crippen molar-refractivity contribution < 1.29 is 19.1 Å². The summed E-state index contributed by atoms with van der Waals surface area (Å²) in [5.41, 5.74) is 0.533. The number of nitrogens with one attached hydrogen (secondary N) is 1. The van der Waals surface area contributed by atoms with Crippen molar-refractivity contribution in [2.24, 2.45) is 0 Å². The van der Waals surface area contributed by atoms with Crippen LogP contribution in [-0.4, -0.2) is 35.0 Å². The maximum Gasteiger partial charge on any atom is 0.313 e. The molecule has 0 spiro atoms. The predicted octanol–water partition coefficient (Wildman–Crippen LogP) is 1.44. The number of carbonyl (C=O) groups is 2. The maximum atomic E-state index is 11.7. The van der Waals surface area contributed by atoms with E-state index in [9.17, 15) is 9.59 Å². The van der Waals surface area contributed by atoms with Gasteiger partial charge < -0.3 is 14.8 Å². The van der Waals surface area contributed by atoms with Crippen molar-refractivity contribution in [1.29, 1.82) is 0 Å². The van der Waals surface area contributed by atoms with E-state index in [0.717, 1.165) is 0 Å². The molecule has 0 aliphatic heterocycles. The Balaban J connectivity index is 2.30. The Morgan fingerprint density at radius 1 is 1.47 bits per heavy atom. The molecule has 0 radical (unpaired) electrons. The zero-order valence-corrected chi connectivity index (χ0v) is 10.6. The Labute approximate surface area is 104 Å². The molecule has 0 aliphatic carbocycles. The second-order valence-corrected chi connectivity index (χ2v) is 4.63. The Kier molecular flexibility index (Phi) is 5.09. The molecule has 0 saturated carbocycles. The fraction of sp³-hybridized carbons (Fsp3) is 0.455. The molecule has 0 saturated heterocycles. The molecule has 0 unspecified atom stereocenters. The molecular formula is C11H15NO4S. The zero-order valence-electron chi connectivity index (χ0n) is 9.78. The van der Waals surface area contributed by atoms with Crippen molar-refractivity contribution in [2.75, 3.05) is 18.1 Å². The van der Waals surface area contributed by atoms with Crippen molar-refractivity contribution in [2.45, 2.75) is 13.8 Å². The smallest absolute Gasteiger partial charge is 0.313 e. The number of hydrogen-bond donors (Lipinski definition) is 2. The molecule has 1 amide bonds. The van der Waals surface area contributed by atoms with Gasteiger partial charge in [0.2, 0.25) is 0 Å². The van der Waals surface area contributed by atoms with E-state index in [1.165, 1.54) is 11.8 Å². The molecule has 0 aromatic carbocycles. The number of furan rings is 1. The average molecular weight is 257 g/mol. The molecule has 1 aromatic rings. The summed E-state index contributed by atoms with van der Waals surface area (Å²) in [5, 5.41) is 11.1. The number of aliphatic carboxylic acids is 1. The van der Waals surface area contributed by atoms with Gasteiger partial charge in [0.15, 0.2) is 0 Å². The third kappa shape index (κ3) is 4.52. The normalized spacial score (nSPS) is 10.2. The van der Waals surface area contributed by atoms with Crippen LogP contribution in [0.5, 0.6) is 0 Å². The molecule has 2 N–H and O–H groups in total. The number of thioether (sulfide) groups is 1. The van der Waals surface area contributed by atoms with E-state index in [1.807, 2.05) is 0 Å². The highest BCUT2D eigenvalue weighted by Gasteiger charge is 2.12. The Morgan fingerprint density at radius 2 is 2.18 bits per heavy atom. The quantitative estimate of drug-likeness (QED) is 0.754. The monoisotopic (exact) mass is 257 g/mol. The van der Waals surface area contributed by atoms with E-state index >= 15 is 0 Å². The first-order chi connectivity index (χ1) is 8.00. The lowest BCUT2D eigenvalue weighted by atomic mass is 10.2. The van der Waals surface area contributed by atoms with Crippen LogP contribution in [0.25, 0.3) is 0 Å². The second-order valence-electron chi connectivity index (χ2n) is 3.53. The van der Waals surface area contributed by atoms with Gasteiger partial charge in [0.1, 0.15) is 11.5 Å². The van der Waals surface area contributed by atoms with Crippen LogP contribution < -0.4 is 5.32 Å². The minimum Gasteiger partial charge on any atom is -0.481 e. The maximum absolute atomic E-state index is 11.7. The number of carbonyl (C=O) groups excluding carboxylic acids is 1. The van der Waals surface area contributed by atoms with Crippen molar-refractivity contribution in [3.05, 3.63) is 23.2 Å². The highest BCUT2D eigenvalue weighted by Crippen LogP contribution is 2.13. The van der Waals surface area contributed by atoms with Gasteiger partial charge in [0.05, 0.1) is 11.3 Å². The topological polar surface area (TPSA) is 79.5 Å². The zero-order chi connectivity index (χ0) is 12.8. The summed E-state index contributed by atoms with van der Waals surface area (Å²) in [6, 6.07) is 1.69. The summed E-state index contributed by atoms with van der Waals surface area (Å²) in [4.78, 5) is 21.9. The molecule has 0 aliphatic rings. The van der Waals surface area contributed by atoms with Gasteiger partial charge in [0.25, 0.3) is 5.91 Å². The second kappa shape index (κ2) is 6.34. The summed E-state index contributed by atoms with van der Waals surface area (Å²) < 4.78 is 5.25. The Morgan fingerprint density at radius 3 is 2.71 bits per heavy atom. The summed E-state index contributed by atoms with van der Waals surface area (Å²) in [6.07, 6.45) is 0. The number of aryl methyl sites for hydroxylation is 2. The molecular weight excluding hydrogens is 242 g/mol. The van der Waals surface area contributed by atoms with Crippen molar-refractivity contribution >= 4 is 23.6 Å². The summed E-state index contributed by atoms with van der Waals surface area (Å²) in [5.74, 6) is 0.900. The summed E-state index contributed by atoms with van der Waals surface area (Å²) >= 11 is 1.27. The van der Waals surface area contributed by atoms with Gasteiger partial charge in [0, 0.05) is 12.3 Å². The van der Waals surface area contributed by atoms with Gasteiger partial charge in [-0.05, 0) is 19.9 Å². The van der Waals surface area contributed by atoms with E-state index in [2.05, 4.69) is 5.32 Å². The van der Waals surface area contributed by atoms with E-state index in [4.69, 9.17) is 9.52 Å². The van der Waals surface area contributed by atoms with Crippen LogP contribution in [0.2, 0.25) is 0 Å². The highest BCUT2D eigenvalue weighted by molar-refractivity contribution is 7.99. The molecule has 17 heavy (non-hydrogen) atoms. The Bertz CT molecular complexity index is 414. The van der Waals surface area contributed by atoms with Gasteiger partial charge in [-0.1, -0.05) is 0 Å². The van der Waals surface area contributed by atoms with Crippen LogP contribution >= 0.6 is 11.8 Å². The van der Waals surface area contributed by atoms with Gasteiger partial charge >= 0.3 is 5.97 Å². The molecule has 0 fully saturated rings. The number of rotatable bonds is 6. The summed E-state index contributed by atoms with van der Waals surface area (Å²) in [7, 11) is 0. The van der Waals surface area contributed by atoms with Crippen LogP contribution in [0.1, 0.15) is 21.9 Å². The lowest BCUT2D eigenvalue weighted by Gasteiger charge is -2.03. The third-order valence-electron chi connectivity index (χ3n) is 2.04. The van der Waals surface area contributed by atoms with Crippen molar-refractivity contribution in [3.63, 3.8) is 0 Å². The molecule has 1 rings (SSSR count).